The fraction of sp³-hybridized carbons (Fsp3) is 0.727. The maximum Gasteiger partial charge on any atom is 0.232 e. The zero-order valence-corrected chi connectivity index (χ0v) is 11.2. The number of morpholine rings is 1. The normalized spacial score (nSPS) is 15.6. The molecule has 18 heavy (non-hydrogen) atoms. The third kappa shape index (κ3) is 2.79. The number of ether oxygens (including phenoxy) is 1. The topological polar surface area (TPSA) is 66.4 Å². The van der Waals surface area contributed by atoms with Crippen LogP contribution < -0.4 is 15.1 Å². The van der Waals surface area contributed by atoms with Crippen LogP contribution in [-0.4, -0.2) is 61.9 Å². The van der Waals surface area contributed by atoms with E-state index in [1.807, 2.05) is 19.0 Å². The minimum atomic E-state index is 0.599. The molecule has 0 bridgehead atoms. The minimum Gasteiger partial charge on any atom is -0.378 e. The number of nitrogens with zero attached hydrogens (tertiary/aromatic N) is 5. The molecule has 2 rings (SSSR count). The molecule has 1 aromatic heterocycles. The molecule has 100 valence electrons. The molecular weight excluding hydrogens is 232 g/mol. The van der Waals surface area contributed by atoms with E-state index in [4.69, 9.17) is 4.74 Å². The smallest absolute Gasteiger partial charge is 0.232 e. The maximum atomic E-state index is 5.34. The van der Waals surface area contributed by atoms with E-state index in [0.29, 0.717) is 17.8 Å². The summed E-state index contributed by atoms with van der Waals surface area (Å²) in [6.45, 7) is 6.01. The summed E-state index contributed by atoms with van der Waals surface area (Å²) in [6, 6.07) is 0. The molecule has 0 aromatic carbocycles. The third-order valence-electron chi connectivity index (χ3n) is 2.95. The van der Waals surface area contributed by atoms with Gasteiger partial charge >= 0.3 is 0 Å². The molecule has 0 unspecified atom stereocenters. The van der Waals surface area contributed by atoms with Gasteiger partial charge in [-0.2, -0.15) is 15.0 Å². The van der Waals surface area contributed by atoms with Crippen LogP contribution in [0.4, 0.5) is 17.8 Å². The summed E-state index contributed by atoms with van der Waals surface area (Å²) < 4.78 is 5.34. The Morgan fingerprint density at radius 2 is 2.00 bits per heavy atom. The lowest BCUT2D eigenvalue weighted by molar-refractivity contribution is 0.122. The first-order valence-corrected chi connectivity index (χ1v) is 6.22. The molecule has 0 saturated carbocycles. The summed E-state index contributed by atoms with van der Waals surface area (Å²) in [5.41, 5.74) is 0. The first kappa shape index (κ1) is 12.8. The zero-order valence-electron chi connectivity index (χ0n) is 11.2. The van der Waals surface area contributed by atoms with E-state index in [-0.39, 0.29) is 0 Å². The first-order chi connectivity index (χ1) is 8.74. The fourth-order valence-electron chi connectivity index (χ4n) is 1.68. The van der Waals surface area contributed by atoms with Gasteiger partial charge in [-0.05, 0) is 6.92 Å². The molecule has 1 aliphatic rings. The highest BCUT2D eigenvalue weighted by molar-refractivity contribution is 5.44. The molecule has 1 aliphatic heterocycles. The molecular formula is C11H20N6O. The Morgan fingerprint density at radius 1 is 1.28 bits per heavy atom. The Hall–Kier alpha value is -1.63. The van der Waals surface area contributed by atoms with Crippen LogP contribution in [0.5, 0.6) is 0 Å². The van der Waals surface area contributed by atoms with E-state index >= 15 is 0 Å². The number of anilines is 3. The predicted molar refractivity (Wildman–Crippen MR) is 71.3 cm³/mol. The first-order valence-electron chi connectivity index (χ1n) is 6.22. The molecule has 0 amide bonds. The Labute approximate surface area is 107 Å². The van der Waals surface area contributed by atoms with Crippen molar-refractivity contribution in [3.05, 3.63) is 0 Å². The molecule has 0 atom stereocenters. The van der Waals surface area contributed by atoms with Crippen molar-refractivity contribution in [2.24, 2.45) is 0 Å². The highest BCUT2D eigenvalue weighted by Crippen LogP contribution is 2.16. The van der Waals surface area contributed by atoms with E-state index in [1.165, 1.54) is 0 Å². The van der Waals surface area contributed by atoms with Gasteiger partial charge in [-0.3, -0.25) is 0 Å². The Kier molecular flexibility index (Phi) is 4.14. The van der Waals surface area contributed by atoms with Gasteiger partial charge in [-0.15, -0.1) is 0 Å². The Morgan fingerprint density at radius 3 is 2.61 bits per heavy atom. The Bertz CT molecular complexity index is 393. The number of aromatic nitrogens is 3. The van der Waals surface area contributed by atoms with Crippen LogP contribution >= 0.6 is 0 Å². The van der Waals surface area contributed by atoms with Gasteiger partial charge in [-0.25, -0.2) is 0 Å². The molecule has 1 fully saturated rings. The van der Waals surface area contributed by atoms with Gasteiger partial charge in [0, 0.05) is 33.7 Å². The lowest BCUT2D eigenvalue weighted by atomic mass is 10.4. The third-order valence-corrected chi connectivity index (χ3v) is 2.95. The van der Waals surface area contributed by atoms with Crippen molar-refractivity contribution in [2.75, 3.05) is 62.1 Å². The largest absolute Gasteiger partial charge is 0.378 e. The predicted octanol–water partition coefficient (Wildman–Crippen LogP) is 0.206. The highest BCUT2D eigenvalue weighted by atomic mass is 16.5. The van der Waals surface area contributed by atoms with Gasteiger partial charge in [0.15, 0.2) is 0 Å². The van der Waals surface area contributed by atoms with Crippen molar-refractivity contribution >= 4 is 17.8 Å². The SMILES string of the molecule is CCN(C)c1nc(NC)nc(N2CCOCC2)n1. The van der Waals surface area contributed by atoms with Crippen molar-refractivity contribution in [1.29, 1.82) is 0 Å². The quantitative estimate of drug-likeness (QED) is 0.821. The standard InChI is InChI=1S/C11H20N6O/c1-4-16(3)10-13-9(12-2)14-11(15-10)17-5-7-18-8-6-17/h4-8H2,1-3H3,(H,12,13,14,15). The Balaban J connectivity index is 2.27. The molecule has 0 aliphatic carbocycles. The lowest BCUT2D eigenvalue weighted by Crippen LogP contribution is -2.38. The van der Waals surface area contributed by atoms with E-state index in [9.17, 15) is 0 Å². The molecule has 7 heteroatoms. The van der Waals surface area contributed by atoms with Crippen LogP contribution in [0.25, 0.3) is 0 Å². The van der Waals surface area contributed by atoms with Crippen LogP contribution in [0.3, 0.4) is 0 Å². The van der Waals surface area contributed by atoms with Gasteiger partial charge in [0.1, 0.15) is 0 Å². The average molecular weight is 252 g/mol. The van der Waals surface area contributed by atoms with E-state index in [2.05, 4.69) is 32.1 Å². The van der Waals surface area contributed by atoms with E-state index in [1.54, 1.807) is 0 Å². The number of rotatable bonds is 4. The summed E-state index contributed by atoms with van der Waals surface area (Å²) in [4.78, 5) is 17.4. The summed E-state index contributed by atoms with van der Waals surface area (Å²) >= 11 is 0. The molecule has 0 radical (unpaired) electrons. The molecule has 7 nitrogen and oxygen atoms in total. The zero-order chi connectivity index (χ0) is 13.0. The van der Waals surface area contributed by atoms with Crippen LogP contribution in [0, 0.1) is 0 Å². The van der Waals surface area contributed by atoms with Gasteiger partial charge in [-0.1, -0.05) is 0 Å². The van der Waals surface area contributed by atoms with Gasteiger partial charge in [0.05, 0.1) is 13.2 Å². The highest BCUT2D eigenvalue weighted by Gasteiger charge is 2.17. The number of hydrogen-bond donors (Lipinski definition) is 1. The van der Waals surface area contributed by atoms with Crippen molar-refractivity contribution in [3.63, 3.8) is 0 Å². The van der Waals surface area contributed by atoms with Crippen molar-refractivity contribution < 1.29 is 4.74 Å². The second kappa shape index (κ2) is 5.81. The van der Waals surface area contributed by atoms with Crippen LogP contribution in [0.1, 0.15) is 6.92 Å². The van der Waals surface area contributed by atoms with Crippen molar-refractivity contribution in [1.82, 2.24) is 15.0 Å². The average Bonchev–Trinajstić information content (AvgIpc) is 2.46. The van der Waals surface area contributed by atoms with Gasteiger partial charge in [0.2, 0.25) is 17.8 Å². The van der Waals surface area contributed by atoms with Gasteiger partial charge < -0.3 is 19.9 Å². The van der Waals surface area contributed by atoms with Crippen molar-refractivity contribution in [2.45, 2.75) is 6.92 Å². The van der Waals surface area contributed by atoms with Crippen LogP contribution in [0.15, 0.2) is 0 Å². The van der Waals surface area contributed by atoms with Gasteiger partial charge in [0.25, 0.3) is 0 Å². The van der Waals surface area contributed by atoms with Crippen LogP contribution in [-0.2, 0) is 4.74 Å². The molecule has 1 N–H and O–H groups in total. The monoisotopic (exact) mass is 252 g/mol. The summed E-state index contributed by atoms with van der Waals surface area (Å²) in [5.74, 6) is 2.01. The van der Waals surface area contributed by atoms with E-state index < -0.39 is 0 Å². The van der Waals surface area contributed by atoms with Crippen molar-refractivity contribution in [3.8, 4) is 0 Å². The second-order valence-electron chi connectivity index (χ2n) is 4.12. The summed E-state index contributed by atoms with van der Waals surface area (Å²) in [6.07, 6.45) is 0. The van der Waals surface area contributed by atoms with Crippen LogP contribution in [0.2, 0.25) is 0 Å². The lowest BCUT2D eigenvalue weighted by Gasteiger charge is -2.27. The number of hydrogen-bond acceptors (Lipinski definition) is 7. The number of nitrogens with one attached hydrogen (secondary N) is 1. The second-order valence-corrected chi connectivity index (χ2v) is 4.12. The molecule has 2 heterocycles. The molecule has 1 aromatic rings. The fourth-order valence-corrected chi connectivity index (χ4v) is 1.68. The molecule has 0 spiro atoms. The summed E-state index contributed by atoms with van der Waals surface area (Å²) in [7, 11) is 3.78. The summed E-state index contributed by atoms with van der Waals surface area (Å²) in [5, 5.41) is 2.98. The maximum absolute atomic E-state index is 5.34. The molecule has 1 saturated heterocycles. The van der Waals surface area contributed by atoms with E-state index in [0.717, 1.165) is 32.8 Å². The minimum absolute atomic E-state index is 0.599.